The van der Waals surface area contributed by atoms with Crippen LogP contribution in [-0.4, -0.2) is 39.3 Å². The Hall–Kier alpha value is -0.770. The average Bonchev–Trinajstić information content (AvgIpc) is 3.11. The molecule has 21 heavy (non-hydrogen) atoms. The second kappa shape index (κ2) is 9.29. The molecule has 0 radical (unpaired) electrons. The molecule has 4 heteroatoms. The summed E-state index contributed by atoms with van der Waals surface area (Å²) in [5.41, 5.74) is 0. The van der Waals surface area contributed by atoms with E-state index in [0.717, 1.165) is 62.9 Å². The minimum atomic E-state index is 0.819. The molecule has 2 bridgehead atoms. The summed E-state index contributed by atoms with van der Waals surface area (Å²) < 4.78 is 5.34. The molecule has 3 unspecified atom stereocenters. The molecule has 2 N–H and O–H groups in total. The summed E-state index contributed by atoms with van der Waals surface area (Å²) in [5.74, 6) is 4.02. The van der Waals surface area contributed by atoms with Crippen LogP contribution in [0, 0.1) is 17.8 Å². The SMILES string of the molecule is CCOCCCCNC(=NC)NCCC1CC2CCC1C2. The predicted octanol–water partition coefficient (Wildman–Crippen LogP) is 2.79. The average molecular weight is 295 g/mol. The first-order valence-electron chi connectivity index (χ1n) is 8.85. The van der Waals surface area contributed by atoms with E-state index >= 15 is 0 Å². The zero-order chi connectivity index (χ0) is 14.9. The van der Waals surface area contributed by atoms with Gasteiger partial charge in [0, 0.05) is 33.4 Å². The van der Waals surface area contributed by atoms with Crippen molar-refractivity contribution in [1.82, 2.24) is 10.6 Å². The number of nitrogens with zero attached hydrogens (tertiary/aromatic N) is 1. The maximum Gasteiger partial charge on any atom is 0.190 e. The van der Waals surface area contributed by atoms with Gasteiger partial charge in [0.2, 0.25) is 0 Å². The third-order valence-corrected chi connectivity index (χ3v) is 5.13. The van der Waals surface area contributed by atoms with E-state index in [-0.39, 0.29) is 0 Å². The van der Waals surface area contributed by atoms with Crippen molar-refractivity contribution < 1.29 is 4.74 Å². The van der Waals surface area contributed by atoms with Crippen molar-refractivity contribution in [3.8, 4) is 0 Å². The Kier molecular flexibility index (Phi) is 7.34. The monoisotopic (exact) mass is 295 g/mol. The van der Waals surface area contributed by atoms with Crippen LogP contribution in [0.25, 0.3) is 0 Å². The van der Waals surface area contributed by atoms with E-state index in [1.165, 1.54) is 32.1 Å². The molecule has 4 nitrogen and oxygen atoms in total. The van der Waals surface area contributed by atoms with Gasteiger partial charge in [0.05, 0.1) is 0 Å². The molecule has 2 rings (SSSR count). The van der Waals surface area contributed by atoms with E-state index in [1.54, 1.807) is 0 Å². The van der Waals surface area contributed by atoms with Crippen LogP contribution in [0.5, 0.6) is 0 Å². The molecule has 2 saturated carbocycles. The molecular formula is C17H33N3O. The lowest BCUT2D eigenvalue weighted by Gasteiger charge is -2.22. The standard InChI is InChI=1S/C17H33N3O/c1-3-21-11-5-4-9-19-17(18-2)20-10-8-16-13-14-6-7-15(16)12-14/h14-16H,3-13H2,1-2H3,(H2,18,19,20). The Balaban J connectivity index is 1.50. The van der Waals surface area contributed by atoms with Gasteiger partial charge in [-0.05, 0) is 63.2 Å². The number of hydrogen-bond donors (Lipinski definition) is 2. The fourth-order valence-electron chi connectivity index (χ4n) is 4.01. The summed E-state index contributed by atoms with van der Waals surface area (Å²) in [6, 6.07) is 0. The van der Waals surface area contributed by atoms with Crippen LogP contribution in [-0.2, 0) is 4.74 Å². The van der Waals surface area contributed by atoms with E-state index in [9.17, 15) is 0 Å². The number of guanidine groups is 1. The molecule has 0 aliphatic heterocycles. The van der Waals surface area contributed by atoms with Crippen molar-refractivity contribution in [1.29, 1.82) is 0 Å². The van der Waals surface area contributed by atoms with Crippen LogP contribution in [0.3, 0.4) is 0 Å². The van der Waals surface area contributed by atoms with Gasteiger partial charge in [-0.3, -0.25) is 4.99 Å². The van der Waals surface area contributed by atoms with Crippen molar-refractivity contribution in [2.24, 2.45) is 22.7 Å². The first kappa shape index (κ1) is 16.6. The number of nitrogens with one attached hydrogen (secondary N) is 2. The summed E-state index contributed by atoms with van der Waals surface area (Å²) in [6.07, 6.45) is 9.54. The second-order valence-electron chi connectivity index (χ2n) is 6.55. The smallest absolute Gasteiger partial charge is 0.190 e. The lowest BCUT2D eigenvalue weighted by atomic mass is 9.86. The molecule has 0 saturated heterocycles. The molecule has 122 valence electrons. The van der Waals surface area contributed by atoms with Crippen molar-refractivity contribution >= 4 is 5.96 Å². The van der Waals surface area contributed by atoms with Crippen LogP contribution in [0.1, 0.15) is 51.9 Å². The van der Waals surface area contributed by atoms with E-state index in [1.807, 2.05) is 14.0 Å². The number of unbranched alkanes of at least 4 members (excludes halogenated alkanes) is 1. The van der Waals surface area contributed by atoms with Crippen molar-refractivity contribution in [3.05, 3.63) is 0 Å². The minimum absolute atomic E-state index is 0.819. The van der Waals surface area contributed by atoms with Gasteiger partial charge in [0.15, 0.2) is 5.96 Å². The summed E-state index contributed by atoms with van der Waals surface area (Å²) in [4.78, 5) is 4.30. The van der Waals surface area contributed by atoms with Crippen LogP contribution in [0.15, 0.2) is 4.99 Å². The Morgan fingerprint density at radius 2 is 2.00 bits per heavy atom. The molecule has 0 aromatic rings. The van der Waals surface area contributed by atoms with Crippen LogP contribution in [0.4, 0.5) is 0 Å². The first-order chi connectivity index (χ1) is 10.3. The van der Waals surface area contributed by atoms with Gasteiger partial charge in [0.1, 0.15) is 0 Å². The molecule has 0 aromatic carbocycles. The predicted molar refractivity (Wildman–Crippen MR) is 88.6 cm³/mol. The highest BCUT2D eigenvalue weighted by Crippen LogP contribution is 2.49. The Morgan fingerprint density at radius 1 is 1.14 bits per heavy atom. The first-order valence-corrected chi connectivity index (χ1v) is 8.85. The molecule has 0 spiro atoms. The lowest BCUT2D eigenvalue weighted by molar-refractivity contribution is 0.143. The zero-order valence-corrected chi connectivity index (χ0v) is 13.9. The summed E-state index contributed by atoms with van der Waals surface area (Å²) in [7, 11) is 1.85. The molecule has 2 fully saturated rings. The van der Waals surface area contributed by atoms with E-state index < -0.39 is 0 Å². The quantitative estimate of drug-likeness (QED) is 0.390. The molecule has 0 amide bonds. The highest BCUT2D eigenvalue weighted by molar-refractivity contribution is 5.79. The minimum Gasteiger partial charge on any atom is -0.382 e. The molecule has 2 aliphatic carbocycles. The van der Waals surface area contributed by atoms with Gasteiger partial charge in [-0.15, -0.1) is 0 Å². The summed E-state index contributed by atoms with van der Waals surface area (Å²) in [5, 5.41) is 6.85. The Bertz CT molecular complexity index is 319. The molecule has 3 atom stereocenters. The van der Waals surface area contributed by atoms with Crippen molar-refractivity contribution in [2.75, 3.05) is 33.4 Å². The van der Waals surface area contributed by atoms with E-state index in [4.69, 9.17) is 4.74 Å². The number of rotatable bonds is 9. The maximum absolute atomic E-state index is 5.34. The van der Waals surface area contributed by atoms with Crippen LogP contribution in [0.2, 0.25) is 0 Å². The number of ether oxygens (including phenoxy) is 1. The largest absolute Gasteiger partial charge is 0.382 e. The third kappa shape index (κ3) is 5.50. The highest BCUT2D eigenvalue weighted by atomic mass is 16.5. The Morgan fingerprint density at radius 3 is 2.67 bits per heavy atom. The molecule has 2 aliphatic rings. The van der Waals surface area contributed by atoms with Gasteiger partial charge in [-0.2, -0.15) is 0 Å². The normalized spacial score (nSPS) is 28.1. The van der Waals surface area contributed by atoms with Gasteiger partial charge in [0.25, 0.3) is 0 Å². The number of hydrogen-bond acceptors (Lipinski definition) is 2. The van der Waals surface area contributed by atoms with Gasteiger partial charge in [-0.25, -0.2) is 0 Å². The van der Waals surface area contributed by atoms with Gasteiger partial charge < -0.3 is 15.4 Å². The highest BCUT2D eigenvalue weighted by Gasteiger charge is 2.38. The summed E-state index contributed by atoms with van der Waals surface area (Å²) >= 11 is 0. The van der Waals surface area contributed by atoms with E-state index in [0.29, 0.717) is 0 Å². The number of fused-ring (bicyclic) bond motifs is 2. The van der Waals surface area contributed by atoms with Crippen molar-refractivity contribution in [2.45, 2.75) is 51.9 Å². The van der Waals surface area contributed by atoms with Gasteiger partial charge in [-0.1, -0.05) is 6.42 Å². The van der Waals surface area contributed by atoms with Crippen molar-refractivity contribution in [3.63, 3.8) is 0 Å². The Labute approximate surface area is 130 Å². The molecular weight excluding hydrogens is 262 g/mol. The van der Waals surface area contributed by atoms with Gasteiger partial charge >= 0.3 is 0 Å². The lowest BCUT2D eigenvalue weighted by Crippen LogP contribution is -2.39. The molecule has 0 heterocycles. The molecule has 0 aromatic heterocycles. The fourth-order valence-corrected chi connectivity index (χ4v) is 4.01. The second-order valence-corrected chi connectivity index (χ2v) is 6.55. The maximum atomic E-state index is 5.34. The van der Waals surface area contributed by atoms with Crippen LogP contribution >= 0.6 is 0 Å². The zero-order valence-electron chi connectivity index (χ0n) is 13.9. The summed E-state index contributed by atoms with van der Waals surface area (Å²) in [6.45, 7) is 5.77. The number of aliphatic imine (C=N–C) groups is 1. The van der Waals surface area contributed by atoms with Crippen LogP contribution < -0.4 is 10.6 Å². The fraction of sp³-hybridized carbons (Fsp3) is 0.941. The third-order valence-electron chi connectivity index (χ3n) is 5.13. The topological polar surface area (TPSA) is 45.6 Å². The van der Waals surface area contributed by atoms with E-state index in [2.05, 4.69) is 15.6 Å².